The molecular weight excluding hydrogens is 479 g/mol. The fraction of sp³-hybridized carbons (Fsp3) is 0.357. The van der Waals surface area contributed by atoms with Crippen LogP contribution < -0.4 is 4.90 Å². The summed E-state index contributed by atoms with van der Waals surface area (Å²) in [6.07, 6.45) is 3.51. The lowest BCUT2D eigenvalue weighted by Gasteiger charge is -2.30. The predicted octanol–water partition coefficient (Wildman–Crippen LogP) is 5.16. The zero-order valence-corrected chi connectivity index (χ0v) is 20.5. The van der Waals surface area contributed by atoms with Gasteiger partial charge in [0.25, 0.3) is 5.69 Å². The summed E-state index contributed by atoms with van der Waals surface area (Å²) in [5, 5.41) is 20.6. The highest BCUT2D eigenvalue weighted by Crippen LogP contribution is 2.50. The highest BCUT2D eigenvalue weighted by molar-refractivity contribution is 6.22. The van der Waals surface area contributed by atoms with Gasteiger partial charge >= 0.3 is 0 Å². The van der Waals surface area contributed by atoms with Crippen LogP contribution in [0.25, 0.3) is 6.08 Å². The summed E-state index contributed by atoms with van der Waals surface area (Å²) in [7, 11) is 0. The van der Waals surface area contributed by atoms with E-state index in [1.807, 2.05) is 19.9 Å². The number of fused-ring (bicyclic) bond motifs is 3. The van der Waals surface area contributed by atoms with Crippen molar-refractivity contribution < 1.29 is 28.7 Å². The zero-order chi connectivity index (χ0) is 26.4. The highest BCUT2D eigenvalue weighted by Gasteiger charge is 2.56. The van der Waals surface area contributed by atoms with Crippen LogP contribution in [0, 0.1) is 33.7 Å². The number of phenols is 1. The Balaban J connectivity index is 1.33. The molecular formula is C28H27FN2O6. The molecule has 192 valence electrons. The molecule has 0 spiro atoms. The van der Waals surface area contributed by atoms with Crippen molar-refractivity contribution in [1.82, 2.24) is 0 Å². The van der Waals surface area contributed by atoms with Crippen molar-refractivity contribution in [2.45, 2.75) is 39.2 Å². The van der Waals surface area contributed by atoms with Gasteiger partial charge in [-0.2, -0.15) is 0 Å². The molecule has 0 radical (unpaired) electrons. The lowest BCUT2D eigenvalue weighted by Crippen LogP contribution is -2.34. The Labute approximate surface area is 213 Å². The fourth-order valence-corrected chi connectivity index (χ4v) is 5.96. The molecule has 2 amide bonds. The van der Waals surface area contributed by atoms with Crippen LogP contribution in [0.5, 0.6) is 5.75 Å². The number of halogens is 1. The third-order valence-electron chi connectivity index (χ3n) is 7.64. The first-order chi connectivity index (χ1) is 17.7. The van der Waals surface area contributed by atoms with Crippen molar-refractivity contribution >= 4 is 29.3 Å². The van der Waals surface area contributed by atoms with Crippen LogP contribution in [0.1, 0.15) is 38.7 Å². The number of anilines is 1. The standard InChI is InChI=1S/C28H27FN2O6/c1-15(10-17-7-8-23(32)22(29)12-17)6-9-24-25-16(2)11-20-26(21(25)14-37-24)28(34)30(27(20)33)18-4-3-5-19(13-18)31(35)36/h3-5,7-8,10,12-13,20-21,24,26,32H,6,9,11,14H2,1-2H3/b15-10+/t20-,21+,24-,26-/m1/s1. The van der Waals surface area contributed by atoms with E-state index in [1.165, 1.54) is 30.3 Å². The Morgan fingerprint density at radius 1 is 1.22 bits per heavy atom. The molecule has 2 aliphatic heterocycles. The number of carbonyl (C=O) groups is 2. The van der Waals surface area contributed by atoms with Gasteiger partial charge in [-0.3, -0.25) is 19.7 Å². The number of carbonyl (C=O) groups excluding carboxylic acids is 2. The minimum Gasteiger partial charge on any atom is -0.505 e. The number of imide groups is 1. The van der Waals surface area contributed by atoms with Gasteiger partial charge in [0.2, 0.25) is 11.8 Å². The monoisotopic (exact) mass is 506 g/mol. The maximum absolute atomic E-state index is 13.7. The number of benzene rings is 2. The summed E-state index contributed by atoms with van der Waals surface area (Å²) >= 11 is 0. The van der Waals surface area contributed by atoms with Gasteiger partial charge in [0, 0.05) is 18.1 Å². The van der Waals surface area contributed by atoms with Gasteiger partial charge in [0.1, 0.15) is 0 Å². The summed E-state index contributed by atoms with van der Waals surface area (Å²) in [5.41, 5.74) is 3.86. The Bertz CT molecular complexity index is 1370. The summed E-state index contributed by atoms with van der Waals surface area (Å²) < 4.78 is 19.8. The number of hydrogen-bond donors (Lipinski definition) is 1. The van der Waals surface area contributed by atoms with E-state index in [1.54, 1.807) is 12.1 Å². The van der Waals surface area contributed by atoms with Crippen LogP contribution in [0.2, 0.25) is 0 Å². The van der Waals surface area contributed by atoms with E-state index in [-0.39, 0.29) is 41.0 Å². The maximum Gasteiger partial charge on any atom is 0.271 e. The molecule has 1 aliphatic carbocycles. The van der Waals surface area contributed by atoms with Crippen LogP contribution in [-0.2, 0) is 14.3 Å². The van der Waals surface area contributed by atoms with E-state index in [0.717, 1.165) is 21.6 Å². The van der Waals surface area contributed by atoms with Crippen molar-refractivity contribution in [3.8, 4) is 5.75 Å². The second kappa shape index (κ2) is 9.55. The summed E-state index contributed by atoms with van der Waals surface area (Å²) in [5.74, 6) is -2.98. The summed E-state index contributed by atoms with van der Waals surface area (Å²) in [6, 6.07) is 9.86. The van der Waals surface area contributed by atoms with Crippen LogP contribution >= 0.6 is 0 Å². The first-order valence-electron chi connectivity index (χ1n) is 12.2. The Kier molecular flexibility index (Phi) is 6.41. The van der Waals surface area contributed by atoms with Gasteiger partial charge in [0.15, 0.2) is 11.6 Å². The van der Waals surface area contributed by atoms with Gasteiger partial charge < -0.3 is 9.84 Å². The molecule has 1 N–H and O–H groups in total. The number of nitro benzene ring substituents is 1. The predicted molar refractivity (Wildman–Crippen MR) is 134 cm³/mol. The lowest BCUT2D eigenvalue weighted by atomic mass is 9.70. The Morgan fingerprint density at radius 2 is 2.00 bits per heavy atom. The summed E-state index contributed by atoms with van der Waals surface area (Å²) in [4.78, 5) is 38.6. The number of rotatable bonds is 6. The average molecular weight is 507 g/mol. The first kappa shape index (κ1) is 24.8. The molecule has 8 nitrogen and oxygen atoms in total. The Hall–Kier alpha value is -3.85. The Morgan fingerprint density at radius 3 is 2.73 bits per heavy atom. The van der Waals surface area contributed by atoms with Gasteiger partial charge in [-0.15, -0.1) is 0 Å². The van der Waals surface area contributed by atoms with Crippen molar-refractivity contribution in [2.75, 3.05) is 11.5 Å². The smallest absolute Gasteiger partial charge is 0.271 e. The molecule has 9 heteroatoms. The van der Waals surface area contributed by atoms with Gasteiger partial charge in [-0.05, 0) is 62.4 Å². The molecule has 2 fully saturated rings. The topological polar surface area (TPSA) is 110 Å². The van der Waals surface area contributed by atoms with Crippen LogP contribution in [0.3, 0.4) is 0 Å². The molecule has 37 heavy (non-hydrogen) atoms. The number of amides is 2. The molecule has 0 bridgehead atoms. The molecule has 0 aromatic heterocycles. The zero-order valence-electron chi connectivity index (χ0n) is 20.5. The number of nitro groups is 1. The van der Waals surface area contributed by atoms with Gasteiger partial charge in [-0.1, -0.05) is 29.4 Å². The molecule has 2 saturated heterocycles. The van der Waals surface area contributed by atoms with Crippen molar-refractivity contribution in [3.05, 3.63) is 80.7 Å². The number of nitrogens with zero attached hydrogens (tertiary/aromatic N) is 2. The van der Waals surface area contributed by atoms with Crippen molar-refractivity contribution in [2.24, 2.45) is 17.8 Å². The lowest BCUT2D eigenvalue weighted by molar-refractivity contribution is -0.384. The first-order valence-corrected chi connectivity index (χ1v) is 12.2. The number of allylic oxidation sites excluding steroid dienone is 2. The van der Waals surface area contributed by atoms with Crippen molar-refractivity contribution in [3.63, 3.8) is 0 Å². The van der Waals surface area contributed by atoms with E-state index in [4.69, 9.17) is 4.74 Å². The SMILES string of the molecule is CC1=C2[C@@H](CC/C(C)=C/c3ccc(O)c(F)c3)OC[C@@H]2[C@@H]2C(=O)N(c3cccc([N+](=O)[O-])c3)C(=O)[C@@H]2C1. The molecule has 0 unspecified atom stereocenters. The maximum atomic E-state index is 13.7. The number of ether oxygens (including phenoxy) is 1. The number of hydrogen-bond acceptors (Lipinski definition) is 6. The molecule has 5 rings (SSSR count). The number of non-ortho nitro benzene ring substituents is 1. The molecule has 4 atom stereocenters. The second-order valence-electron chi connectivity index (χ2n) is 10.0. The molecule has 0 saturated carbocycles. The molecule has 2 aromatic rings. The van der Waals surface area contributed by atoms with Crippen LogP contribution in [0.4, 0.5) is 15.8 Å². The minimum absolute atomic E-state index is 0.175. The number of aromatic hydroxyl groups is 1. The quantitative estimate of drug-likeness (QED) is 0.251. The van der Waals surface area contributed by atoms with E-state index >= 15 is 0 Å². The highest BCUT2D eigenvalue weighted by atomic mass is 19.1. The molecule has 2 aromatic carbocycles. The summed E-state index contributed by atoms with van der Waals surface area (Å²) in [6.45, 7) is 4.27. The molecule has 2 heterocycles. The third-order valence-corrected chi connectivity index (χ3v) is 7.64. The van der Waals surface area contributed by atoms with E-state index in [0.29, 0.717) is 31.4 Å². The fourth-order valence-electron chi connectivity index (χ4n) is 5.96. The molecule has 3 aliphatic rings. The van der Waals surface area contributed by atoms with Gasteiger partial charge in [0.05, 0.1) is 35.2 Å². The normalized spacial score (nSPS) is 25.5. The van der Waals surface area contributed by atoms with E-state index < -0.39 is 22.6 Å². The largest absolute Gasteiger partial charge is 0.505 e. The third kappa shape index (κ3) is 4.44. The van der Waals surface area contributed by atoms with Crippen LogP contribution in [-0.4, -0.2) is 34.6 Å². The van der Waals surface area contributed by atoms with Gasteiger partial charge in [-0.25, -0.2) is 9.29 Å². The average Bonchev–Trinajstić information content (AvgIpc) is 3.39. The minimum atomic E-state index is -0.670. The van der Waals surface area contributed by atoms with E-state index in [2.05, 4.69) is 0 Å². The number of phenolic OH excluding ortho intramolecular Hbond substituents is 1. The van der Waals surface area contributed by atoms with Crippen molar-refractivity contribution in [1.29, 1.82) is 0 Å². The van der Waals surface area contributed by atoms with E-state index in [9.17, 15) is 29.2 Å². The second-order valence-corrected chi connectivity index (χ2v) is 10.0. The van der Waals surface area contributed by atoms with Crippen LogP contribution in [0.15, 0.2) is 59.2 Å².